The van der Waals surface area contributed by atoms with Gasteiger partial charge in [-0.05, 0) is 30.9 Å². The molecule has 1 amide bonds. The molecule has 4 nitrogen and oxygen atoms in total. The van der Waals surface area contributed by atoms with Crippen molar-refractivity contribution in [2.45, 2.75) is 39.0 Å². The third-order valence-corrected chi connectivity index (χ3v) is 4.47. The van der Waals surface area contributed by atoms with Crippen LogP contribution in [-0.2, 0) is 4.79 Å². The summed E-state index contributed by atoms with van der Waals surface area (Å²) in [6, 6.07) is 0. The van der Waals surface area contributed by atoms with Crippen molar-refractivity contribution in [1.29, 1.82) is 0 Å². The zero-order chi connectivity index (χ0) is 14.1. The second-order valence-corrected chi connectivity index (χ2v) is 5.97. The van der Waals surface area contributed by atoms with Crippen LogP contribution in [-0.4, -0.2) is 17.5 Å². The van der Waals surface area contributed by atoms with E-state index in [1.165, 1.54) is 11.3 Å². The Morgan fingerprint density at radius 1 is 1.40 bits per heavy atom. The van der Waals surface area contributed by atoms with Crippen LogP contribution < -0.4 is 11.2 Å². The number of amides is 1. The van der Waals surface area contributed by atoms with E-state index in [9.17, 15) is 4.79 Å². The number of nitrogens with zero attached hydrogens (tertiary/aromatic N) is 1. The van der Waals surface area contributed by atoms with Crippen molar-refractivity contribution >= 4 is 5.91 Å². The van der Waals surface area contributed by atoms with Crippen LogP contribution in [0.1, 0.15) is 39.0 Å². The first-order valence-electron chi connectivity index (χ1n) is 7.65. The number of allylic oxidation sites excluding steroid dienone is 5. The summed E-state index contributed by atoms with van der Waals surface area (Å²) in [5.41, 5.74) is 12.5. The van der Waals surface area contributed by atoms with Crippen LogP contribution >= 0.6 is 0 Å². The molecule has 0 spiro atoms. The first-order valence-corrected chi connectivity index (χ1v) is 7.65. The average molecular weight is 273 g/mol. The van der Waals surface area contributed by atoms with E-state index in [1.54, 1.807) is 0 Å². The van der Waals surface area contributed by atoms with Gasteiger partial charge in [0, 0.05) is 36.2 Å². The number of unbranched alkanes of at least 4 members (excludes halogenated alkanes) is 1. The van der Waals surface area contributed by atoms with Crippen molar-refractivity contribution in [3.8, 4) is 0 Å². The molecule has 3 rings (SSSR count). The third-order valence-electron chi connectivity index (χ3n) is 4.47. The van der Waals surface area contributed by atoms with Gasteiger partial charge in [-0.25, -0.2) is 0 Å². The number of hydrogen-bond acceptors (Lipinski definition) is 3. The van der Waals surface area contributed by atoms with Gasteiger partial charge in [-0.15, -0.1) is 0 Å². The van der Waals surface area contributed by atoms with Gasteiger partial charge in [-0.2, -0.15) is 0 Å². The first kappa shape index (κ1) is 13.3. The highest BCUT2D eigenvalue weighted by molar-refractivity contribution is 5.77. The molecule has 1 heterocycles. The Balaban J connectivity index is 1.95. The molecule has 0 saturated carbocycles. The summed E-state index contributed by atoms with van der Waals surface area (Å²) >= 11 is 0. The fourth-order valence-corrected chi connectivity index (χ4v) is 3.50. The van der Waals surface area contributed by atoms with Crippen LogP contribution in [0.4, 0.5) is 0 Å². The lowest BCUT2D eigenvalue weighted by atomic mass is 9.75. The van der Waals surface area contributed by atoms with Gasteiger partial charge in [0.15, 0.2) is 0 Å². The van der Waals surface area contributed by atoms with Crippen LogP contribution in [0.5, 0.6) is 0 Å². The Bertz CT molecular complexity index is 504. The van der Waals surface area contributed by atoms with E-state index >= 15 is 0 Å². The lowest BCUT2D eigenvalue weighted by Crippen LogP contribution is -2.51. The Kier molecular flexibility index (Phi) is 3.55. The molecule has 0 aromatic carbocycles. The smallest absolute Gasteiger partial charge is 0.239 e. The number of nitrogens with two attached hydrogens (primary N) is 1. The van der Waals surface area contributed by atoms with E-state index in [0.29, 0.717) is 18.3 Å². The fourth-order valence-electron chi connectivity index (χ4n) is 3.50. The molecule has 0 bridgehead atoms. The molecule has 20 heavy (non-hydrogen) atoms. The largest absolute Gasteiger partial charge is 0.399 e. The Morgan fingerprint density at radius 2 is 2.25 bits per heavy atom. The number of hydrogen-bond donors (Lipinski definition) is 2. The number of fused-ring (bicyclic) bond motifs is 2. The number of carbonyl (C=O) groups is 1. The third kappa shape index (κ3) is 2.35. The molecule has 1 aliphatic heterocycles. The number of hydrazine groups is 1. The summed E-state index contributed by atoms with van der Waals surface area (Å²) in [4.78, 5) is 11.9. The van der Waals surface area contributed by atoms with Gasteiger partial charge in [0.1, 0.15) is 0 Å². The number of rotatable bonds is 3. The van der Waals surface area contributed by atoms with Gasteiger partial charge < -0.3 is 5.73 Å². The van der Waals surface area contributed by atoms with Gasteiger partial charge in [0.2, 0.25) is 5.91 Å². The Labute approximate surface area is 120 Å². The fraction of sp³-hybridized carbons (Fsp3) is 0.562. The summed E-state index contributed by atoms with van der Waals surface area (Å²) in [7, 11) is 0. The van der Waals surface area contributed by atoms with Crippen molar-refractivity contribution in [1.82, 2.24) is 10.4 Å². The highest BCUT2D eigenvalue weighted by Crippen LogP contribution is 2.42. The van der Waals surface area contributed by atoms with E-state index in [4.69, 9.17) is 5.73 Å². The molecule has 4 heteroatoms. The maximum absolute atomic E-state index is 11.9. The van der Waals surface area contributed by atoms with E-state index < -0.39 is 0 Å². The summed E-state index contributed by atoms with van der Waals surface area (Å²) in [6.07, 6.45) is 11.3. The maximum atomic E-state index is 11.9. The summed E-state index contributed by atoms with van der Waals surface area (Å²) in [5.74, 6) is 0.957. The number of carbonyl (C=O) groups excluding carboxylic acids is 1. The average Bonchev–Trinajstić information content (AvgIpc) is 2.44. The highest BCUT2D eigenvalue weighted by atomic mass is 16.2. The van der Waals surface area contributed by atoms with Crippen molar-refractivity contribution in [2.24, 2.45) is 17.6 Å². The van der Waals surface area contributed by atoms with Gasteiger partial charge >= 0.3 is 0 Å². The number of nitrogens with one attached hydrogen (secondary N) is 1. The van der Waals surface area contributed by atoms with Crippen molar-refractivity contribution in [2.75, 3.05) is 6.54 Å². The minimum absolute atomic E-state index is 0.156. The van der Waals surface area contributed by atoms with Crippen LogP contribution in [0.25, 0.3) is 0 Å². The zero-order valence-corrected chi connectivity index (χ0v) is 12.1. The predicted octanol–water partition coefficient (Wildman–Crippen LogP) is 2.22. The van der Waals surface area contributed by atoms with Crippen molar-refractivity contribution in [3.63, 3.8) is 0 Å². The van der Waals surface area contributed by atoms with Gasteiger partial charge in [-0.1, -0.05) is 25.5 Å². The second-order valence-electron chi connectivity index (χ2n) is 5.97. The zero-order valence-electron chi connectivity index (χ0n) is 12.1. The van der Waals surface area contributed by atoms with Gasteiger partial charge in [-0.3, -0.25) is 15.2 Å². The summed E-state index contributed by atoms with van der Waals surface area (Å²) in [5, 5.41) is 2.10. The molecule has 1 saturated heterocycles. The molecule has 0 aromatic heterocycles. The van der Waals surface area contributed by atoms with E-state index in [0.717, 1.165) is 37.9 Å². The molecule has 108 valence electrons. The lowest BCUT2D eigenvalue weighted by molar-refractivity contribution is -0.129. The quantitative estimate of drug-likeness (QED) is 0.829. The topological polar surface area (TPSA) is 58.4 Å². The predicted molar refractivity (Wildman–Crippen MR) is 79.0 cm³/mol. The van der Waals surface area contributed by atoms with Gasteiger partial charge in [0.05, 0.1) is 0 Å². The SMILES string of the molecule is CCCCN1NC(=O)CC2CCC3C=C(N)C=CC3=C21. The molecular weight excluding hydrogens is 250 g/mol. The molecule has 2 atom stereocenters. The monoisotopic (exact) mass is 273 g/mol. The molecule has 3 aliphatic rings. The molecule has 0 radical (unpaired) electrons. The van der Waals surface area contributed by atoms with E-state index in [-0.39, 0.29) is 5.91 Å². The van der Waals surface area contributed by atoms with Crippen LogP contribution in [0.15, 0.2) is 35.2 Å². The Morgan fingerprint density at radius 3 is 3.05 bits per heavy atom. The van der Waals surface area contributed by atoms with Gasteiger partial charge in [0.25, 0.3) is 0 Å². The molecule has 1 fully saturated rings. The molecular formula is C16H23N3O. The molecule has 0 aromatic rings. The standard InChI is InChI=1S/C16H23N3O/c1-2-3-8-19-16-12(10-15(20)18-19)5-4-11-9-13(17)6-7-14(11)16/h6-7,9,11-12H,2-5,8,10,17H2,1H3,(H,18,20). The lowest BCUT2D eigenvalue weighted by Gasteiger charge is -2.43. The molecule has 2 aliphatic carbocycles. The highest BCUT2D eigenvalue weighted by Gasteiger charge is 2.36. The maximum Gasteiger partial charge on any atom is 0.239 e. The molecule has 2 unspecified atom stereocenters. The van der Waals surface area contributed by atoms with Crippen molar-refractivity contribution < 1.29 is 4.79 Å². The summed E-state index contributed by atoms with van der Waals surface area (Å²) < 4.78 is 0. The minimum Gasteiger partial charge on any atom is -0.399 e. The molecule has 3 N–H and O–H groups in total. The Hall–Kier alpha value is -1.71. The summed E-state index contributed by atoms with van der Waals surface area (Å²) in [6.45, 7) is 3.08. The normalized spacial score (nSPS) is 28.8. The first-order chi connectivity index (χ1) is 9.69. The second kappa shape index (κ2) is 5.35. The van der Waals surface area contributed by atoms with Crippen LogP contribution in [0, 0.1) is 11.8 Å². The van der Waals surface area contributed by atoms with Crippen LogP contribution in [0.2, 0.25) is 0 Å². The van der Waals surface area contributed by atoms with Crippen molar-refractivity contribution in [3.05, 3.63) is 35.2 Å². The minimum atomic E-state index is 0.156. The van der Waals surface area contributed by atoms with E-state index in [2.05, 4.69) is 29.5 Å². The van der Waals surface area contributed by atoms with E-state index in [1.807, 2.05) is 6.08 Å². The van der Waals surface area contributed by atoms with Crippen LogP contribution in [0.3, 0.4) is 0 Å².